The molecule has 0 saturated heterocycles. The zero-order chi connectivity index (χ0) is 18.5. The standard InChI is InChI=1S/C20H12BrFO3S/c21-14-5-10-19(25-20(24)13-3-6-15(22)7-4-13)17(12-14)18(23)9-8-16-2-1-11-26-16/h1-12H. The molecule has 0 aliphatic carbocycles. The van der Waals surface area contributed by atoms with Gasteiger partial charge in [-0.3, -0.25) is 4.79 Å². The predicted octanol–water partition coefficient (Wildman–Crippen LogP) is 5.77. The molecule has 0 fully saturated rings. The Hall–Kier alpha value is -2.57. The number of ether oxygens (including phenoxy) is 1. The smallest absolute Gasteiger partial charge is 0.343 e. The Balaban J connectivity index is 1.84. The number of benzene rings is 2. The van der Waals surface area contributed by atoms with Crippen molar-refractivity contribution in [2.45, 2.75) is 0 Å². The molecule has 0 aliphatic rings. The fourth-order valence-corrected chi connectivity index (χ4v) is 3.14. The Bertz CT molecular complexity index is 963. The van der Waals surface area contributed by atoms with E-state index < -0.39 is 11.8 Å². The first-order chi connectivity index (χ1) is 12.5. The third-order valence-corrected chi connectivity index (χ3v) is 4.76. The zero-order valence-electron chi connectivity index (χ0n) is 13.3. The first-order valence-corrected chi connectivity index (χ1v) is 9.23. The van der Waals surface area contributed by atoms with E-state index >= 15 is 0 Å². The van der Waals surface area contributed by atoms with Gasteiger partial charge in [-0.1, -0.05) is 22.0 Å². The fraction of sp³-hybridized carbons (Fsp3) is 0. The maximum Gasteiger partial charge on any atom is 0.343 e. The lowest BCUT2D eigenvalue weighted by atomic mass is 10.1. The van der Waals surface area contributed by atoms with Crippen molar-refractivity contribution in [2.75, 3.05) is 0 Å². The highest BCUT2D eigenvalue weighted by atomic mass is 79.9. The molecule has 0 radical (unpaired) electrons. The normalized spacial score (nSPS) is 10.8. The van der Waals surface area contributed by atoms with Gasteiger partial charge in [-0.25, -0.2) is 9.18 Å². The lowest BCUT2D eigenvalue weighted by Gasteiger charge is -2.09. The lowest BCUT2D eigenvalue weighted by Crippen LogP contribution is -2.11. The van der Waals surface area contributed by atoms with Gasteiger partial charge in [-0.15, -0.1) is 11.3 Å². The molecule has 0 spiro atoms. The number of hydrogen-bond donors (Lipinski definition) is 0. The van der Waals surface area contributed by atoms with Crippen LogP contribution in [0.2, 0.25) is 0 Å². The van der Waals surface area contributed by atoms with Crippen LogP contribution >= 0.6 is 27.3 Å². The summed E-state index contributed by atoms with van der Waals surface area (Å²) in [6.45, 7) is 0. The second kappa shape index (κ2) is 8.21. The van der Waals surface area contributed by atoms with Gasteiger partial charge in [0.15, 0.2) is 5.78 Å². The van der Waals surface area contributed by atoms with E-state index in [9.17, 15) is 14.0 Å². The van der Waals surface area contributed by atoms with Crippen molar-refractivity contribution in [3.05, 3.63) is 92.3 Å². The largest absolute Gasteiger partial charge is 0.422 e. The summed E-state index contributed by atoms with van der Waals surface area (Å²) >= 11 is 4.83. The molecule has 0 aliphatic heterocycles. The minimum absolute atomic E-state index is 0.142. The maximum atomic E-state index is 13.0. The van der Waals surface area contributed by atoms with Gasteiger partial charge in [-0.2, -0.15) is 0 Å². The molecule has 2 aromatic carbocycles. The molecule has 1 aromatic heterocycles. The molecule has 0 unspecified atom stereocenters. The van der Waals surface area contributed by atoms with Gasteiger partial charge >= 0.3 is 5.97 Å². The minimum Gasteiger partial charge on any atom is -0.422 e. The van der Waals surface area contributed by atoms with Crippen molar-refractivity contribution in [1.29, 1.82) is 0 Å². The van der Waals surface area contributed by atoms with Crippen LogP contribution in [0.4, 0.5) is 4.39 Å². The van der Waals surface area contributed by atoms with E-state index in [0.717, 1.165) is 4.88 Å². The predicted molar refractivity (Wildman–Crippen MR) is 103 cm³/mol. The van der Waals surface area contributed by atoms with E-state index in [1.54, 1.807) is 18.2 Å². The summed E-state index contributed by atoms with van der Waals surface area (Å²) in [5, 5.41) is 1.92. The van der Waals surface area contributed by atoms with Crippen LogP contribution < -0.4 is 4.74 Å². The Kier molecular flexibility index (Phi) is 5.75. The molecule has 130 valence electrons. The van der Waals surface area contributed by atoms with Crippen molar-refractivity contribution in [2.24, 2.45) is 0 Å². The average Bonchev–Trinajstić information content (AvgIpc) is 3.15. The Labute approximate surface area is 161 Å². The van der Waals surface area contributed by atoms with Crippen LogP contribution in [-0.4, -0.2) is 11.8 Å². The summed E-state index contributed by atoms with van der Waals surface area (Å²) in [4.78, 5) is 25.7. The van der Waals surface area contributed by atoms with Crippen LogP contribution in [0.5, 0.6) is 5.75 Å². The highest BCUT2D eigenvalue weighted by molar-refractivity contribution is 9.10. The van der Waals surface area contributed by atoms with Gasteiger partial charge in [0.1, 0.15) is 11.6 Å². The van der Waals surface area contributed by atoms with E-state index in [0.29, 0.717) is 4.47 Å². The van der Waals surface area contributed by atoms with E-state index in [1.165, 1.54) is 47.7 Å². The Morgan fingerprint density at radius 1 is 1.08 bits per heavy atom. The Morgan fingerprint density at radius 2 is 1.85 bits per heavy atom. The number of esters is 1. The lowest BCUT2D eigenvalue weighted by molar-refractivity contribution is 0.0733. The van der Waals surface area contributed by atoms with Crippen molar-refractivity contribution in [3.63, 3.8) is 0 Å². The highest BCUT2D eigenvalue weighted by Crippen LogP contribution is 2.25. The van der Waals surface area contributed by atoms with Crippen LogP contribution in [0.3, 0.4) is 0 Å². The first-order valence-electron chi connectivity index (χ1n) is 7.56. The molecule has 3 aromatic rings. The maximum absolute atomic E-state index is 13.0. The molecule has 0 saturated carbocycles. The third kappa shape index (κ3) is 4.53. The topological polar surface area (TPSA) is 43.4 Å². The first kappa shape index (κ1) is 18.2. The summed E-state index contributed by atoms with van der Waals surface area (Å²) < 4.78 is 19.0. The molecule has 6 heteroatoms. The molecule has 0 bridgehead atoms. The zero-order valence-corrected chi connectivity index (χ0v) is 15.7. The molecule has 3 rings (SSSR count). The molecular formula is C20H12BrFO3S. The number of hydrogen-bond acceptors (Lipinski definition) is 4. The SMILES string of the molecule is O=C(Oc1ccc(Br)cc1C(=O)C=Cc1cccs1)c1ccc(F)cc1. The van der Waals surface area contributed by atoms with Gasteiger partial charge < -0.3 is 4.74 Å². The van der Waals surface area contributed by atoms with Crippen molar-refractivity contribution in [3.8, 4) is 5.75 Å². The van der Waals surface area contributed by atoms with Crippen molar-refractivity contribution < 1.29 is 18.7 Å². The molecule has 1 heterocycles. The minimum atomic E-state index is -0.663. The van der Waals surface area contributed by atoms with E-state index in [4.69, 9.17) is 4.74 Å². The summed E-state index contributed by atoms with van der Waals surface area (Å²) in [5.74, 6) is -1.26. The summed E-state index contributed by atoms with van der Waals surface area (Å²) in [6.07, 6.45) is 3.14. The number of halogens is 2. The van der Waals surface area contributed by atoms with Gasteiger partial charge in [0.2, 0.25) is 0 Å². The molecule has 0 amide bonds. The second-order valence-electron chi connectivity index (χ2n) is 5.25. The summed E-state index contributed by atoms with van der Waals surface area (Å²) in [5.41, 5.74) is 0.449. The van der Waals surface area contributed by atoms with Crippen LogP contribution in [0.15, 0.2) is 70.5 Å². The van der Waals surface area contributed by atoms with E-state index in [2.05, 4.69) is 15.9 Å². The van der Waals surface area contributed by atoms with Crippen LogP contribution in [-0.2, 0) is 0 Å². The number of thiophene rings is 1. The number of rotatable bonds is 5. The fourth-order valence-electron chi connectivity index (χ4n) is 2.16. The molecule has 26 heavy (non-hydrogen) atoms. The molecule has 0 atom stereocenters. The average molecular weight is 431 g/mol. The second-order valence-corrected chi connectivity index (χ2v) is 7.14. The van der Waals surface area contributed by atoms with Crippen LogP contribution in [0.1, 0.15) is 25.6 Å². The number of ketones is 1. The number of allylic oxidation sites excluding steroid dienone is 1. The number of carbonyl (C=O) groups is 2. The van der Waals surface area contributed by atoms with Crippen molar-refractivity contribution >= 4 is 45.1 Å². The summed E-state index contributed by atoms with van der Waals surface area (Å²) in [6, 6.07) is 13.6. The van der Waals surface area contributed by atoms with E-state index in [-0.39, 0.29) is 22.7 Å². The van der Waals surface area contributed by atoms with Crippen LogP contribution in [0, 0.1) is 5.82 Å². The van der Waals surface area contributed by atoms with Gasteiger partial charge in [0.05, 0.1) is 11.1 Å². The molecule has 0 N–H and O–H groups in total. The monoisotopic (exact) mass is 430 g/mol. The van der Waals surface area contributed by atoms with Gasteiger partial charge in [0.25, 0.3) is 0 Å². The molecular weight excluding hydrogens is 419 g/mol. The number of carbonyl (C=O) groups excluding carboxylic acids is 2. The van der Waals surface area contributed by atoms with E-state index in [1.807, 2.05) is 17.5 Å². The Morgan fingerprint density at radius 3 is 2.54 bits per heavy atom. The quantitative estimate of drug-likeness (QED) is 0.223. The van der Waals surface area contributed by atoms with Crippen LogP contribution in [0.25, 0.3) is 6.08 Å². The highest BCUT2D eigenvalue weighted by Gasteiger charge is 2.16. The molecule has 3 nitrogen and oxygen atoms in total. The summed E-state index contributed by atoms with van der Waals surface area (Å²) in [7, 11) is 0. The van der Waals surface area contributed by atoms with Gasteiger partial charge in [-0.05, 0) is 66.1 Å². The van der Waals surface area contributed by atoms with Gasteiger partial charge in [0, 0.05) is 9.35 Å². The van der Waals surface area contributed by atoms with Crippen molar-refractivity contribution in [1.82, 2.24) is 0 Å². The third-order valence-electron chi connectivity index (χ3n) is 3.43.